The van der Waals surface area contributed by atoms with Gasteiger partial charge in [0.15, 0.2) is 5.82 Å². The van der Waals surface area contributed by atoms with E-state index in [1.54, 1.807) is 11.0 Å². The van der Waals surface area contributed by atoms with Crippen LogP contribution < -0.4 is 9.77 Å². The normalized spacial score (nSPS) is 10.9. The zero-order chi connectivity index (χ0) is 24.2. The van der Waals surface area contributed by atoms with E-state index in [-0.39, 0.29) is 22.9 Å². The van der Waals surface area contributed by atoms with Gasteiger partial charge in [-0.15, -0.1) is 11.3 Å². The average molecular weight is 494 g/mol. The van der Waals surface area contributed by atoms with Crippen molar-refractivity contribution in [2.45, 2.75) is 33.2 Å². The Morgan fingerprint density at radius 3 is 2.41 bits per heavy atom. The quantitative estimate of drug-likeness (QED) is 0.334. The molecule has 4 rings (SSSR count). The van der Waals surface area contributed by atoms with Crippen LogP contribution in [0.2, 0.25) is 0 Å². The summed E-state index contributed by atoms with van der Waals surface area (Å²) in [6.45, 7) is 4.04. The van der Waals surface area contributed by atoms with E-state index in [1.165, 1.54) is 11.3 Å². The van der Waals surface area contributed by atoms with Crippen LogP contribution in [0.15, 0.2) is 59.4 Å². The van der Waals surface area contributed by atoms with Crippen LogP contribution in [0.4, 0.5) is 5.00 Å². The maximum Gasteiger partial charge on any atom is 0.344 e. The van der Waals surface area contributed by atoms with E-state index in [0.717, 1.165) is 38.7 Å². The fourth-order valence-electron chi connectivity index (χ4n) is 3.74. The highest BCUT2D eigenvalue weighted by atomic mass is 32.1. The molecular formula is C25H23N3O4S2. The Bertz CT molecular complexity index is 1390. The van der Waals surface area contributed by atoms with Crippen molar-refractivity contribution in [3.63, 3.8) is 0 Å². The van der Waals surface area contributed by atoms with E-state index in [2.05, 4.69) is 9.36 Å². The molecule has 0 fully saturated rings. The number of aromatic carboxylic acids is 1. The minimum Gasteiger partial charge on any atom is -0.478 e. The number of rotatable bonds is 8. The lowest BCUT2D eigenvalue weighted by atomic mass is 9.98. The lowest BCUT2D eigenvalue weighted by Gasteiger charge is -2.22. The summed E-state index contributed by atoms with van der Waals surface area (Å²) >= 11 is 2.27. The lowest BCUT2D eigenvalue weighted by molar-refractivity contribution is -0.118. The molecular weight excluding hydrogens is 470 g/mol. The molecule has 0 saturated heterocycles. The highest BCUT2D eigenvalue weighted by molar-refractivity contribution is 7.16. The summed E-state index contributed by atoms with van der Waals surface area (Å²) in [7, 11) is 0. The molecule has 34 heavy (non-hydrogen) atoms. The Morgan fingerprint density at radius 2 is 1.79 bits per heavy atom. The van der Waals surface area contributed by atoms with Crippen LogP contribution in [0.25, 0.3) is 22.5 Å². The molecule has 1 amide bonds. The minimum atomic E-state index is -1.04. The van der Waals surface area contributed by atoms with E-state index in [4.69, 9.17) is 0 Å². The monoisotopic (exact) mass is 493 g/mol. The molecule has 0 bridgehead atoms. The van der Waals surface area contributed by atoms with Crippen molar-refractivity contribution < 1.29 is 14.7 Å². The number of carbonyl (C=O) groups is 2. The second-order valence-corrected chi connectivity index (χ2v) is 9.78. The molecule has 0 aliphatic carbocycles. The smallest absolute Gasteiger partial charge is 0.344 e. The van der Waals surface area contributed by atoms with Crippen molar-refractivity contribution in [1.29, 1.82) is 0 Å². The predicted octanol–water partition coefficient (Wildman–Crippen LogP) is 5.57. The van der Waals surface area contributed by atoms with Gasteiger partial charge in [-0.05, 0) is 36.1 Å². The predicted molar refractivity (Wildman–Crippen MR) is 136 cm³/mol. The topological polar surface area (TPSA) is 103 Å². The number of anilines is 1. The SMILES string of the molecule is CCCC(=O)N(Cc1ccc(-c2ccccc2-c2nc(=O)s[nH]2)cc1)c1sc(C)cc1C(=O)O. The van der Waals surface area contributed by atoms with Gasteiger partial charge in [-0.3, -0.25) is 18.9 Å². The number of benzene rings is 2. The third-order valence-corrected chi connectivity index (χ3v) is 6.94. The highest BCUT2D eigenvalue weighted by Crippen LogP contribution is 2.34. The Morgan fingerprint density at radius 1 is 1.09 bits per heavy atom. The lowest BCUT2D eigenvalue weighted by Crippen LogP contribution is -2.30. The van der Waals surface area contributed by atoms with E-state index < -0.39 is 5.97 Å². The summed E-state index contributed by atoms with van der Waals surface area (Å²) in [5.74, 6) is -0.616. The molecule has 7 nitrogen and oxygen atoms in total. The van der Waals surface area contributed by atoms with Crippen molar-refractivity contribution in [2.75, 3.05) is 4.90 Å². The van der Waals surface area contributed by atoms with Crippen LogP contribution in [-0.2, 0) is 11.3 Å². The molecule has 0 aliphatic heterocycles. The highest BCUT2D eigenvalue weighted by Gasteiger charge is 2.24. The molecule has 4 aromatic rings. The molecule has 0 spiro atoms. The van der Waals surface area contributed by atoms with Crippen LogP contribution in [0, 0.1) is 6.92 Å². The number of aromatic amines is 1. The number of nitrogens with zero attached hydrogens (tertiary/aromatic N) is 2. The summed E-state index contributed by atoms with van der Waals surface area (Å²) in [5, 5.41) is 10.1. The molecule has 0 atom stereocenters. The van der Waals surface area contributed by atoms with Crippen LogP contribution in [-0.4, -0.2) is 26.3 Å². The summed E-state index contributed by atoms with van der Waals surface area (Å²) in [6, 6.07) is 17.1. The molecule has 2 N–H and O–H groups in total. The van der Waals surface area contributed by atoms with Gasteiger partial charge in [0.25, 0.3) is 0 Å². The van der Waals surface area contributed by atoms with Gasteiger partial charge < -0.3 is 5.11 Å². The number of H-pyrrole nitrogens is 1. The van der Waals surface area contributed by atoms with Gasteiger partial charge in [0.2, 0.25) is 5.91 Å². The summed E-state index contributed by atoms with van der Waals surface area (Å²) < 4.78 is 2.96. The summed E-state index contributed by atoms with van der Waals surface area (Å²) in [6.07, 6.45) is 1.02. The largest absolute Gasteiger partial charge is 0.478 e. The Kier molecular flexibility index (Phi) is 7.04. The maximum absolute atomic E-state index is 12.9. The first kappa shape index (κ1) is 23.6. The van der Waals surface area contributed by atoms with Gasteiger partial charge in [-0.2, -0.15) is 4.98 Å². The second-order valence-electron chi connectivity index (χ2n) is 7.78. The molecule has 2 heterocycles. The first-order valence-electron chi connectivity index (χ1n) is 10.8. The number of amides is 1. The van der Waals surface area contributed by atoms with E-state index >= 15 is 0 Å². The Balaban J connectivity index is 1.66. The fourth-order valence-corrected chi connectivity index (χ4v) is 5.23. The van der Waals surface area contributed by atoms with Gasteiger partial charge >= 0.3 is 10.8 Å². The fraction of sp³-hybridized carbons (Fsp3) is 0.200. The van der Waals surface area contributed by atoms with Crippen LogP contribution in [0.3, 0.4) is 0 Å². The Labute approximate surface area is 204 Å². The molecule has 0 radical (unpaired) electrons. The van der Waals surface area contributed by atoms with Gasteiger partial charge in [0.05, 0.1) is 12.1 Å². The maximum atomic E-state index is 12.9. The number of carboxylic acid groups (broad SMARTS) is 1. The Hall–Kier alpha value is -3.56. The number of aromatic nitrogens is 2. The average Bonchev–Trinajstić information content (AvgIpc) is 3.43. The summed E-state index contributed by atoms with van der Waals surface area (Å²) in [5.41, 5.74) is 3.73. The standard InChI is InChI=1S/C25H23N3O4S2/c1-3-6-21(29)28(23-20(24(30)31)13-15(2)33-23)14-16-9-11-17(12-10-16)18-7-4-5-8-19(18)22-26-25(32)34-27-22/h4-5,7-13H,3,6,14H2,1-2H3,(H,30,31)(H,26,27,32). The first-order chi connectivity index (χ1) is 16.4. The third-order valence-electron chi connectivity index (χ3n) is 5.30. The number of hydrogen-bond acceptors (Lipinski definition) is 6. The van der Waals surface area contributed by atoms with Crippen molar-refractivity contribution in [2.24, 2.45) is 0 Å². The zero-order valence-electron chi connectivity index (χ0n) is 18.7. The molecule has 0 unspecified atom stereocenters. The second kappa shape index (κ2) is 10.1. The van der Waals surface area contributed by atoms with E-state index in [1.807, 2.05) is 62.4 Å². The molecule has 174 valence electrons. The van der Waals surface area contributed by atoms with Crippen LogP contribution in [0.5, 0.6) is 0 Å². The van der Waals surface area contributed by atoms with Crippen LogP contribution in [0.1, 0.15) is 40.6 Å². The zero-order valence-corrected chi connectivity index (χ0v) is 20.3. The van der Waals surface area contributed by atoms with E-state index in [9.17, 15) is 19.5 Å². The molecule has 2 aromatic carbocycles. The number of carbonyl (C=O) groups excluding carboxylic acids is 1. The van der Waals surface area contributed by atoms with Crippen molar-refractivity contribution in [1.82, 2.24) is 9.36 Å². The number of thiophene rings is 1. The van der Waals surface area contributed by atoms with Gasteiger partial charge in [-0.1, -0.05) is 55.5 Å². The number of aryl methyl sites for hydroxylation is 1. The van der Waals surface area contributed by atoms with Gasteiger partial charge in [-0.25, -0.2) is 4.79 Å². The van der Waals surface area contributed by atoms with Crippen molar-refractivity contribution in [3.05, 3.63) is 80.3 Å². The molecule has 0 aliphatic rings. The third kappa shape index (κ3) is 5.00. The van der Waals surface area contributed by atoms with Crippen LogP contribution >= 0.6 is 22.9 Å². The van der Waals surface area contributed by atoms with Crippen molar-refractivity contribution in [3.8, 4) is 22.5 Å². The minimum absolute atomic E-state index is 0.103. The number of nitrogens with one attached hydrogen (secondary N) is 1. The van der Waals surface area contributed by atoms with Gasteiger partial charge in [0, 0.05) is 28.4 Å². The molecule has 0 saturated carbocycles. The van der Waals surface area contributed by atoms with Gasteiger partial charge in [0.1, 0.15) is 5.00 Å². The van der Waals surface area contributed by atoms with Crippen molar-refractivity contribution >= 4 is 39.7 Å². The van der Waals surface area contributed by atoms with E-state index in [0.29, 0.717) is 23.7 Å². The molecule has 2 aromatic heterocycles. The molecule has 9 heteroatoms. The first-order valence-corrected chi connectivity index (χ1v) is 12.4. The summed E-state index contributed by atoms with van der Waals surface area (Å²) in [4.78, 5) is 42.4. The number of hydrogen-bond donors (Lipinski definition) is 2. The number of carboxylic acids is 1.